The van der Waals surface area contributed by atoms with E-state index >= 15 is 0 Å². The van der Waals surface area contributed by atoms with E-state index in [1.54, 1.807) is 0 Å². The van der Waals surface area contributed by atoms with Gasteiger partial charge in [0.05, 0.1) is 0 Å². The Morgan fingerprint density at radius 1 is 1.21 bits per heavy atom. The number of aryl methyl sites for hydroxylation is 2. The monoisotopic (exact) mass is 293 g/mol. The molecule has 0 saturated carbocycles. The van der Waals surface area contributed by atoms with Gasteiger partial charge in [0.25, 0.3) is 0 Å². The van der Waals surface area contributed by atoms with Crippen molar-refractivity contribution in [3.8, 4) is 0 Å². The summed E-state index contributed by atoms with van der Waals surface area (Å²) in [7, 11) is 0. The molecule has 2 rings (SSSR count). The Labute approximate surface area is 124 Å². The van der Waals surface area contributed by atoms with Crippen molar-refractivity contribution < 1.29 is 0 Å². The summed E-state index contributed by atoms with van der Waals surface area (Å²) in [6.07, 6.45) is 1.08. The van der Waals surface area contributed by atoms with Gasteiger partial charge in [-0.15, -0.1) is 11.3 Å². The average molecular weight is 294 g/mol. The lowest BCUT2D eigenvalue weighted by molar-refractivity contribution is 0.548. The normalized spacial score (nSPS) is 12.6. The summed E-state index contributed by atoms with van der Waals surface area (Å²) >= 11 is 8.02. The SMILES string of the molecule is Cc1ccc(CC(C)NCc2ccc(C)c(Cl)c2)s1. The lowest BCUT2D eigenvalue weighted by atomic mass is 10.1. The van der Waals surface area contributed by atoms with Gasteiger partial charge in [-0.25, -0.2) is 0 Å². The van der Waals surface area contributed by atoms with Crippen LogP contribution in [0.15, 0.2) is 30.3 Å². The summed E-state index contributed by atoms with van der Waals surface area (Å²) in [5.74, 6) is 0. The molecular weight excluding hydrogens is 274 g/mol. The molecule has 0 bridgehead atoms. The Hall–Kier alpha value is -0.830. The van der Waals surface area contributed by atoms with Crippen molar-refractivity contribution in [1.29, 1.82) is 0 Å². The number of nitrogens with one attached hydrogen (secondary N) is 1. The zero-order valence-electron chi connectivity index (χ0n) is 11.7. The first-order valence-electron chi connectivity index (χ1n) is 6.58. The molecule has 0 aliphatic rings. The van der Waals surface area contributed by atoms with Gasteiger partial charge >= 0.3 is 0 Å². The molecule has 0 saturated heterocycles. The largest absolute Gasteiger partial charge is 0.310 e. The third-order valence-corrected chi connectivity index (χ3v) is 4.62. The van der Waals surface area contributed by atoms with E-state index in [9.17, 15) is 0 Å². The number of thiophene rings is 1. The fraction of sp³-hybridized carbons (Fsp3) is 0.375. The molecule has 0 fully saturated rings. The van der Waals surface area contributed by atoms with Gasteiger partial charge in [-0.05, 0) is 56.5 Å². The van der Waals surface area contributed by atoms with E-state index < -0.39 is 0 Å². The lowest BCUT2D eigenvalue weighted by Crippen LogP contribution is -2.27. The second kappa shape index (κ2) is 6.56. The molecule has 0 aliphatic carbocycles. The summed E-state index contributed by atoms with van der Waals surface area (Å²) in [6.45, 7) is 7.28. The van der Waals surface area contributed by atoms with Crippen molar-refractivity contribution >= 4 is 22.9 Å². The van der Waals surface area contributed by atoms with Gasteiger partial charge in [0.1, 0.15) is 0 Å². The van der Waals surface area contributed by atoms with Gasteiger partial charge in [0.2, 0.25) is 0 Å². The summed E-state index contributed by atoms with van der Waals surface area (Å²) in [4.78, 5) is 2.83. The topological polar surface area (TPSA) is 12.0 Å². The maximum Gasteiger partial charge on any atom is 0.0438 e. The second-order valence-corrected chi connectivity index (χ2v) is 6.86. The molecule has 0 aliphatic heterocycles. The lowest BCUT2D eigenvalue weighted by Gasteiger charge is -2.13. The van der Waals surface area contributed by atoms with E-state index in [2.05, 4.69) is 43.4 Å². The highest BCUT2D eigenvalue weighted by Gasteiger charge is 2.05. The number of halogens is 1. The summed E-state index contributed by atoms with van der Waals surface area (Å²) in [6, 6.07) is 11.1. The smallest absolute Gasteiger partial charge is 0.0438 e. The first-order valence-corrected chi connectivity index (χ1v) is 7.78. The van der Waals surface area contributed by atoms with Crippen LogP contribution in [-0.4, -0.2) is 6.04 Å². The van der Waals surface area contributed by atoms with E-state index in [4.69, 9.17) is 11.6 Å². The van der Waals surface area contributed by atoms with Crippen LogP contribution in [0.5, 0.6) is 0 Å². The Bertz CT molecular complexity index is 547. The van der Waals surface area contributed by atoms with Crippen molar-refractivity contribution in [3.63, 3.8) is 0 Å². The van der Waals surface area contributed by atoms with Crippen molar-refractivity contribution in [2.24, 2.45) is 0 Å². The van der Waals surface area contributed by atoms with Gasteiger partial charge in [-0.1, -0.05) is 23.7 Å². The zero-order valence-corrected chi connectivity index (χ0v) is 13.2. The van der Waals surface area contributed by atoms with Gasteiger partial charge < -0.3 is 5.32 Å². The van der Waals surface area contributed by atoms with Crippen LogP contribution >= 0.6 is 22.9 Å². The molecule has 1 unspecified atom stereocenters. The fourth-order valence-corrected chi connectivity index (χ4v) is 3.23. The van der Waals surface area contributed by atoms with Crippen LogP contribution in [0.25, 0.3) is 0 Å². The third-order valence-electron chi connectivity index (χ3n) is 3.19. The number of hydrogen-bond acceptors (Lipinski definition) is 2. The van der Waals surface area contributed by atoms with Crippen LogP contribution in [0.3, 0.4) is 0 Å². The second-order valence-electron chi connectivity index (χ2n) is 5.08. The predicted molar refractivity (Wildman–Crippen MR) is 85.3 cm³/mol. The van der Waals surface area contributed by atoms with Crippen molar-refractivity contribution in [2.45, 2.75) is 39.8 Å². The molecule has 102 valence electrons. The molecule has 2 aromatic rings. The molecule has 19 heavy (non-hydrogen) atoms. The number of benzene rings is 1. The van der Waals surface area contributed by atoms with Crippen LogP contribution in [0, 0.1) is 13.8 Å². The summed E-state index contributed by atoms with van der Waals surface area (Å²) in [5, 5.41) is 4.40. The molecule has 1 heterocycles. The number of rotatable bonds is 5. The Morgan fingerprint density at radius 2 is 2.00 bits per heavy atom. The fourth-order valence-electron chi connectivity index (χ4n) is 2.01. The van der Waals surface area contributed by atoms with Crippen molar-refractivity contribution in [2.75, 3.05) is 0 Å². The summed E-state index contributed by atoms with van der Waals surface area (Å²) in [5.41, 5.74) is 2.37. The van der Waals surface area contributed by atoms with Crippen LogP contribution < -0.4 is 5.32 Å². The molecule has 1 N–H and O–H groups in total. The highest BCUT2D eigenvalue weighted by Crippen LogP contribution is 2.18. The molecule has 1 aromatic heterocycles. The minimum Gasteiger partial charge on any atom is -0.310 e. The van der Waals surface area contributed by atoms with Crippen LogP contribution in [-0.2, 0) is 13.0 Å². The van der Waals surface area contributed by atoms with E-state index in [1.807, 2.05) is 24.3 Å². The van der Waals surface area contributed by atoms with Gasteiger partial charge in [-0.3, -0.25) is 0 Å². The molecule has 0 radical (unpaired) electrons. The van der Waals surface area contributed by atoms with E-state index in [-0.39, 0.29) is 0 Å². The first kappa shape index (κ1) is 14.6. The standard InChI is InChI=1S/C16H20ClNS/c1-11-4-6-14(9-16(11)17)10-18-12(2)8-15-7-5-13(3)19-15/h4-7,9,12,18H,8,10H2,1-3H3. The average Bonchev–Trinajstić information content (AvgIpc) is 2.76. The highest BCUT2D eigenvalue weighted by atomic mass is 35.5. The van der Waals surface area contributed by atoms with Gasteiger partial charge in [-0.2, -0.15) is 0 Å². The Kier molecular flexibility index (Phi) is 5.03. The molecule has 1 nitrogen and oxygen atoms in total. The summed E-state index contributed by atoms with van der Waals surface area (Å²) < 4.78 is 0. The van der Waals surface area contributed by atoms with Crippen LogP contribution in [0.2, 0.25) is 5.02 Å². The molecule has 0 amide bonds. The van der Waals surface area contributed by atoms with Crippen molar-refractivity contribution in [1.82, 2.24) is 5.32 Å². The van der Waals surface area contributed by atoms with Crippen LogP contribution in [0.4, 0.5) is 0 Å². The third kappa shape index (κ3) is 4.34. The Morgan fingerprint density at radius 3 is 2.63 bits per heavy atom. The minimum absolute atomic E-state index is 0.470. The maximum absolute atomic E-state index is 6.14. The molecule has 0 spiro atoms. The predicted octanol–water partition coefficient (Wildman–Crippen LogP) is 4.74. The van der Waals surface area contributed by atoms with Crippen molar-refractivity contribution in [3.05, 3.63) is 56.2 Å². The zero-order chi connectivity index (χ0) is 13.8. The van der Waals surface area contributed by atoms with Gasteiger partial charge in [0, 0.05) is 27.4 Å². The van der Waals surface area contributed by atoms with Gasteiger partial charge in [0.15, 0.2) is 0 Å². The maximum atomic E-state index is 6.14. The molecule has 1 aromatic carbocycles. The quantitative estimate of drug-likeness (QED) is 0.839. The molecule has 3 heteroatoms. The van der Waals surface area contributed by atoms with Crippen LogP contribution in [0.1, 0.15) is 27.8 Å². The molecule has 1 atom stereocenters. The Balaban J connectivity index is 1.86. The van der Waals surface area contributed by atoms with E-state index in [0.717, 1.165) is 23.6 Å². The minimum atomic E-state index is 0.470. The first-order chi connectivity index (χ1) is 9.04. The highest BCUT2D eigenvalue weighted by molar-refractivity contribution is 7.11. The van der Waals surface area contributed by atoms with E-state index in [1.165, 1.54) is 15.3 Å². The van der Waals surface area contributed by atoms with E-state index in [0.29, 0.717) is 6.04 Å². The number of hydrogen-bond donors (Lipinski definition) is 1. The molecular formula is C16H20ClNS.